The molecular formula is C19H19Cl2NO4. The van der Waals surface area contributed by atoms with Crippen LogP contribution in [0.2, 0.25) is 10.0 Å². The molecule has 2 rings (SSSR count). The molecule has 0 heterocycles. The topological polar surface area (TPSA) is 64.6 Å². The van der Waals surface area contributed by atoms with Crippen molar-refractivity contribution >= 4 is 41.1 Å². The summed E-state index contributed by atoms with van der Waals surface area (Å²) in [6.07, 6.45) is 0.660. The molecule has 1 amide bonds. The van der Waals surface area contributed by atoms with E-state index < -0.39 is 12.0 Å². The van der Waals surface area contributed by atoms with Crippen molar-refractivity contribution in [1.29, 1.82) is 0 Å². The summed E-state index contributed by atoms with van der Waals surface area (Å²) in [5.74, 6) is 0.435. The first kappa shape index (κ1) is 20.1. The van der Waals surface area contributed by atoms with Crippen LogP contribution in [0.1, 0.15) is 30.6 Å². The number of ether oxygens (including phenoxy) is 2. The van der Waals surface area contributed by atoms with E-state index >= 15 is 0 Å². The van der Waals surface area contributed by atoms with E-state index in [0.717, 1.165) is 6.42 Å². The van der Waals surface area contributed by atoms with E-state index in [1.807, 2.05) is 6.92 Å². The van der Waals surface area contributed by atoms with Crippen molar-refractivity contribution in [2.24, 2.45) is 0 Å². The summed E-state index contributed by atoms with van der Waals surface area (Å²) in [6.45, 7) is 4.11. The highest BCUT2D eigenvalue weighted by Gasteiger charge is 2.18. The first-order valence-corrected chi connectivity index (χ1v) is 8.84. The van der Waals surface area contributed by atoms with Gasteiger partial charge in [0, 0.05) is 11.1 Å². The molecule has 1 atom stereocenters. The van der Waals surface area contributed by atoms with Gasteiger partial charge in [-0.25, -0.2) is 0 Å². The van der Waals surface area contributed by atoms with Crippen LogP contribution in [0.5, 0.6) is 11.5 Å². The van der Waals surface area contributed by atoms with Crippen molar-refractivity contribution in [3.63, 3.8) is 0 Å². The van der Waals surface area contributed by atoms with Gasteiger partial charge in [-0.15, -0.1) is 0 Å². The molecule has 0 aromatic heterocycles. The Morgan fingerprint density at radius 1 is 1.23 bits per heavy atom. The molecule has 0 saturated carbocycles. The molecule has 26 heavy (non-hydrogen) atoms. The Hall–Kier alpha value is -2.24. The zero-order chi connectivity index (χ0) is 19.1. The number of nitrogens with one attached hydrogen (secondary N) is 1. The van der Waals surface area contributed by atoms with E-state index in [2.05, 4.69) is 5.32 Å². The second kappa shape index (κ2) is 9.46. The van der Waals surface area contributed by atoms with Gasteiger partial charge in [0.2, 0.25) is 0 Å². The smallest absolute Gasteiger partial charge is 0.265 e. The number of hydrogen-bond donors (Lipinski definition) is 1. The maximum atomic E-state index is 12.4. The average Bonchev–Trinajstić information content (AvgIpc) is 2.62. The summed E-state index contributed by atoms with van der Waals surface area (Å²) in [5, 5.41) is 3.46. The molecule has 5 nitrogen and oxygen atoms in total. The van der Waals surface area contributed by atoms with Crippen molar-refractivity contribution in [2.45, 2.75) is 26.4 Å². The van der Waals surface area contributed by atoms with Crippen molar-refractivity contribution in [3.05, 3.63) is 52.0 Å². The van der Waals surface area contributed by atoms with Crippen LogP contribution in [-0.4, -0.2) is 24.9 Å². The number of benzene rings is 2. The Morgan fingerprint density at radius 2 is 2.00 bits per heavy atom. The second-order valence-corrected chi connectivity index (χ2v) is 6.38. The summed E-state index contributed by atoms with van der Waals surface area (Å²) in [6, 6.07) is 9.62. The number of rotatable bonds is 8. The molecule has 0 aliphatic carbocycles. The average molecular weight is 396 g/mol. The third-order valence-electron chi connectivity index (χ3n) is 3.45. The van der Waals surface area contributed by atoms with Crippen LogP contribution in [0.25, 0.3) is 0 Å². The number of anilines is 1. The lowest BCUT2D eigenvalue weighted by Crippen LogP contribution is -2.30. The minimum Gasteiger partial charge on any atom is -0.493 e. The van der Waals surface area contributed by atoms with Gasteiger partial charge in [-0.1, -0.05) is 30.1 Å². The van der Waals surface area contributed by atoms with Gasteiger partial charge in [0.05, 0.1) is 22.9 Å². The quantitative estimate of drug-likeness (QED) is 0.638. The number of carbonyl (C=O) groups is 2. The summed E-state index contributed by atoms with van der Waals surface area (Å²) in [7, 11) is 0. The molecule has 2 aromatic carbocycles. The van der Waals surface area contributed by atoms with Gasteiger partial charge in [0.1, 0.15) is 11.5 Å². The van der Waals surface area contributed by atoms with E-state index in [0.29, 0.717) is 39.9 Å². The standard InChI is InChI=1S/C19H19Cl2NO4/c1-3-8-25-15-6-4-13(11-23)18(10-15)26-12(2)19(24)22-17-7-5-14(20)9-16(17)21/h4-7,9-12H,3,8H2,1-2H3,(H,22,24)/t12-/m1/s1. The molecule has 0 bridgehead atoms. The largest absolute Gasteiger partial charge is 0.493 e. The number of aldehydes is 1. The van der Waals surface area contributed by atoms with Crippen molar-refractivity contribution in [3.8, 4) is 11.5 Å². The minimum atomic E-state index is -0.859. The summed E-state index contributed by atoms with van der Waals surface area (Å²) in [5.41, 5.74) is 0.755. The number of carbonyl (C=O) groups excluding carboxylic acids is 2. The number of halogens is 2. The lowest BCUT2D eigenvalue weighted by molar-refractivity contribution is -0.122. The third kappa shape index (κ3) is 5.38. The molecular weight excluding hydrogens is 377 g/mol. The van der Waals surface area contributed by atoms with E-state index in [1.54, 1.807) is 37.3 Å². The predicted molar refractivity (Wildman–Crippen MR) is 103 cm³/mol. The van der Waals surface area contributed by atoms with Crippen LogP contribution in [-0.2, 0) is 4.79 Å². The lowest BCUT2D eigenvalue weighted by Gasteiger charge is -2.17. The molecule has 0 aliphatic heterocycles. The van der Waals surface area contributed by atoms with Crippen LogP contribution < -0.4 is 14.8 Å². The second-order valence-electron chi connectivity index (χ2n) is 5.54. The molecule has 0 radical (unpaired) electrons. The van der Waals surface area contributed by atoms with Crippen molar-refractivity contribution in [1.82, 2.24) is 0 Å². The van der Waals surface area contributed by atoms with Gasteiger partial charge >= 0.3 is 0 Å². The number of hydrogen-bond acceptors (Lipinski definition) is 4. The van der Waals surface area contributed by atoms with Crippen LogP contribution in [0, 0.1) is 0 Å². The van der Waals surface area contributed by atoms with E-state index in [4.69, 9.17) is 32.7 Å². The first-order chi connectivity index (χ1) is 12.4. The summed E-state index contributed by atoms with van der Waals surface area (Å²) < 4.78 is 11.2. The van der Waals surface area contributed by atoms with Gasteiger partial charge < -0.3 is 14.8 Å². The molecule has 0 aliphatic rings. The maximum absolute atomic E-state index is 12.4. The maximum Gasteiger partial charge on any atom is 0.265 e. The molecule has 2 aromatic rings. The zero-order valence-corrected chi connectivity index (χ0v) is 15.9. The van der Waals surface area contributed by atoms with E-state index in [1.165, 1.54) is 6.07 Å². The fourth-order valence-corrected chi connectivity index (χ4v) is 2.55. The first-order valence-electron chi connectivity index (χ1n) is 8.09. The van der Waals surface area contributed by atoms with Gasteiger partial charge in [-0.3, -0.25) is 9.59 Å². The van der Waals surface area contributed by atoms with Gasteiger partial charge in [0.15, 0.2) is 12.4 Å². The summed E-state index contributed by atoms with van der Waals surface area (Å²) in [4.78, 5) is 23.6. The van der Waals surface area contributed by atoms with Crippen LogP contribution in [0.3, 0.4) is 0 Å². The zero-order valence-electron chi connectivity index (χ0n) is 14.4. The van der Waals surface area contributed by atoms with E-state index in [9.17, 15) is 9.59 Å². The minimum absolute atomic E-state index is 0.276. The highest BCUT2D eigenvalue weighted by atomic mass is 35.5. The Labute approximate surface area is 162 Å². The SMILES string of the molecule is CCCOc1ccc(C=O)c(O[C@H](C)C(=O)Nc2ccc(Cl)cc2Cl)c1. The van der Waals surface area contributed by atoms with Crippen LogP contribution in [0.15, 0.2) is 36.4 Å². The normalized spacial score (nSPS) is 11.5. The molecule has 7 heteroatoms. The van der Waals surface area contributed by atoms with Crippen LogP contribution >= 0.6 is 23.2 Å². The van der Waals surface area contributed by atoms with Gasteiger partial charge in [-0.2, -0.15) is 0 Å². The van der Waals surface area contributed by atoms with Crippen LogP contribution in [0.4, 0.5) is 5.69 Å². The highest BCUT2D eigenvalue weighted by Crippen LogP contribution is 2.27. The van der Waals surface area contributed by atoms with Crippen molar-refractivity contribution < 1.29 is 19.1 Å². The Morgan fingerprint density at radius 3 is 2.65 bits per heavy atom. The number of amides is 1. The summed E-state index contributed by atoms with van der Waals surface area (Å²) >= 11 is 11.9. The van der Waals surface area contributed by atoms with Gasteiger partial charge in [-0.05, 0) is 43.7 Å². The Bertz CT molecular complexity index is 795. The highest BCUT2D eigenvalue weighted by molar-refractivity contribution is 6.36. The lowest BCUT2D eigenvalue weighted by atomic mass is 10.2. The van der Waals surface area contributed by atoms with Gasteiger partial charge in [0.25, 0.3) is 5.91 Å². The molecule has 0 spiro atoms. The monoisotopic (exact) mass is 395 g/mol. The fourth-order valence-electron chi connectivity index (χ4n) is 2.09. The molecule has 0 unspecified atom stereocenters. The molecule has 0 saturated heterocycles. The third-order valence-corrected chi connectivity index (χ3v) is 3.99. The fraction of sp³-hybridized carbons (Fsp3) is 0.263. The Balaban J connectivity index is 2.10. The molecule has 1 N–H and O–H groups in total. The molecule has 138 valence electrons. The van der Waals surface area contributed by atoms with Crippen molar-refractivity contribution in [2.75, 3.05) is 11.9 Å². The predicted octanol–water partition coefficient (Wildman–Crippen LogP) is 5.00. The van der Waals surface area contributed by atoms with E-state index in [-0.39, 0.29) is 5.75 Å². The Kier molecular flexibility index (Phi) is 7.30. The molecule has 0 fully saturated rings.